The van der Waals surface area contributed by atoms with Crippen molar-refractivity contribution in [2.45, 2.75) is 40.7 Å². The second kappa shape index (κ2) is 7.63. The van der Waals surface area contributed by atoms with Crippen LogP contribution in [-0.4, -0.2) is 32.7 Å². The van der Waals surface area contributed by atoms with Gasteiger partial charge in [-0.15, -0.1) is 0 Å². The van der Waals surface area contributed by atoms with Gasteiger partial charge in [0, 0.05) is 18.2 Å². The zero-order valence-electron chi connectivity index (χ0n) is 14.0. The Balaban J connectivity index is 2.93. The van der Waals surface area contributed by atoms with Crippen LogP contribution in [0, 0.1) is 5.92 Å². The van der Waals surface area contributed by atoms with Gasteiger partial charge in [-0.1, -0.05) is 13.8 Å². The molecule has 0 aliphatic carbocycles. The Hall–Kier alpha value is -1.56. The van der Waals surface area contributed by atoms with E-state index in [4.69, 9.17) is 0 Å². The van der Waals surface area contributed by atoms with Gasteiger partial charge in [-0.05, 0) is 51.0 Å². The van der Waals surface area contributed by atoms with Crippen LogP contribution in [-0.2, 0) is 10.0 Å². The molecule has 0 aromatic heterocycles. The molecule has 6 heteroatoms. The first kappa shape index (κ1) is 18.5. The first-order chi connectivity index (χ1) is 10.2. The molecule has 0 saturated heterocycles. The number of nitrogens with one attached hydrogen (secondary N) is 1. The number of amides is 1. The first-order valence-electron chi connectivity index (χ1n) is 7.64. The quantitative estimate of drug-likeness (QED) is 0.837. The molecule has 0 aliphatic rings. The van der Waals surface area contributed by atoms with Crippen molar-refractivity contribution < 1.29 is 13.2 Å². The summed E-state index contributed by atoms with van der Waals surface area (Å²) in [6.07, 6.45) is 0. The van der Waals surface area contributed by atoms with E-state index in [-0.39, 0.29) is 17.7 Å². The highest BCUT2D eigenvalue weighted by Crippen LogP contribution is 2.19. The summed E-state index contributed by atoms with van der Waals surface area (Å²) in [6, 6.07) is 6.74. The van der Waals surface area contributed by atoms with Gasteiger partial charge in [-0.25, -0.2) is 8.42 Å². The lowest BCUT2D eigenvalue weighted by molar-refractivity contribution is 0.0930. The van der Waals surface area contributed by atoms with Crippen LogP contribution in [0.4, 0.5) is 5.69 Å². The standard InChI is InChI=1S/C16H26N2O3S/c1-6-18(22(20,21)7-2)15-10-8-14(9-11-15)16(19)17-13(5)12(3)4/h8-13H,6-7H2,1-5H3,(H,17,19)/t13-/m0/s1. The van der Waals surface area contributed by atoms with E-state index in [0.29, 0.717) is 23.7 Å². The number of anilines is 1. The third-order valence-corrected chi connectivity index (χ3v) is 5.63. The molecule has 22 heavy (non-hydrogen) atoms. The van der Waals surface area contributed by atoms with E-state index < -0.39 is 10.0 Å². The van der Waals surface area contributed by atoms with E-state index in [0.717, 1.165) is 0 Å². The van der Waals surface area contributed by atoms with Gasteiger partial charge >= 0.3 is 0 Å². The van der Waals surface area contributed by atoms with Gasteiger partial charge in [0.2, 0.25) is 10.0 Å². The Morgan fingerprint density at radius 1 is 1.14 bits per heavy atom. The van der Waals surface area contributed by atoms with Crippen molar-refractivity contribution in [1.82, 2.24) is 5.32 Å². The summed E-state index contributed by atoms with van der Waals surface area (Å²) in [5, 5.41) is 2.93. The molecule has 124 valence electrons. The number of nitrogens with zero attached hydrogens (tertiary/aromatic N) is 1. The molecule has 5 nitrogen and oxygen atoms in total. The number of carbonyl (C=O) groups is 1. The molecule has 1 rings (SSSR count). The SMILES string of the molecule is CCN(c1ccc(C(=O)N[C@@H](C)C(C)C)cc1)S(=O)(=O)CC. The number of carbonyl (C=O) groups excluding carboxylic acids is 1. The molecule has 0 radical (unpaired) electrons. The first-order valence-corrected chi connectivity index (χ1v) is 9.25. The summed E-state index contributed by atoms with van der Waals surface area (Å²) in [5.41, 5.74) is 1.11. The normalized spacial score (nSPS) is 13.0. The zero-order valence-corrected chi connectivity index (χ0v) is 14.8. The summed E-state index contributed by atoms with van der Waals surface area (Å²) in [6.45, 7) is 9.83. The van der Waals surface area contributed by atoms with E-state index in [1.165, 1.54) is 4.31 Å². The van der Waals surface area contributed by atoms with Gasteiger partial charge in [0.15, 0.2) is 0 Å². The Morgan fingerprint density at radius 3 is 2.09 bits per heavy atom. The van der Waals surface area contributed by atoms with E-state index in [1.807, 2.05) is 20.8 Å². The van der Waals surface area contributed by atoms with E-state index in [1.54, 1.807) is 38.1 Å². The average Bonchev–Trinajstić information content (AvgIpc) is 2.48. The van der Waals surface area contributed by atoms with E-state index in [2.05, 4.69) is 5.32 Å². The van der Waals surface area contributed by atoms with Crippen molar-refractivity contribution in [1.29, 1.82) is 0 Å². The lowest BCUT2D eigenvalue weighted by Gasteiger charge is -2.22. The highest BCUT2D eigenvalue weighted by atomic mass is 32.2. The number of hydrogen-bond donors (Lipinski definition) is 1. The molecule has 1 amide bonds. The number of benzene rings is 1. The molecule has 1 aromatic rings. The van der Waals surface area contributed by atoms with Gasteiger partial charge in [0.05, 0.1) is 11.4 Å². The lowest BCUT2D eigenvalue weighted by Crippen LogP contribution is -2.36. The fourth-order valence-corrected chi connectivity index (χ4v) is 3.08. The van der Waals surface area contributed by atoms with Crippen LogP contribution in [0.2, 0.25) is 0 Å². The minimum atomic E-state index is -3.29. The van der Waals surface area contributed by atoms with Crippen molar-refractivity contribution in [2.24, 2.45) is 5.92 Å². The van der Waals surface area contributed by atoms with E-state index >= 15 is 0 Å². The fraction of sp³-hybridized carbons (Fsp3) is 0.562. The molecule has 0 saturated carbocycles. The van der Waals surface area contributed by atoms with Crippen LogP contribution < -0.4 is 9.62 Å². The zero-order chi connectivity index (χ0) is 16.9. The minimum Gasteiger partial charge on any atom is -0.349 e. The lowest BCUT2D eigenvalue weighted by atomic mass is 10.1. The third-order valence-electron chi connectivity index (χ3n) is 3.76. The predicted octanol–water partition coefficient (Wildman–Crippen LogP) is 2.64. The summed E-state index contributed by atoms with van der Waals surface area (Å²) < 4.78 is 25.4. The van der Waals surface area contributed by atoms with Crippen LogP contribution in [0.15, 0.2) is 24.3 Å². The maximum absolute atomic E-state index is 12.1. The molecule has 1 N–H and O–H groups in total. The molecular weight excluding hydrogens is 300 g/mol. The maximum atomic E-state index is 12.1. The fourth-order valence-electron chi connectivity index (χ4n) is 1.93. The van der Waals surface area contributed by atoms with Crippen molar-refractivity contribution in [3.63, 3.8) is 0 Å². The number of hydrogen-bond acceptors (Lipinski definition) is 3. The molecule has 0 unspecified atom stereocenters. The van der Waals surface area contributed by atoms with Crippen molar-refractivity contribution in [3.05, 3.63) is 29.8 Å². The van der Waals surface area contributed by atoms with Crippen LogP contribution in [0.25, 0.3) is 0 Å². The maximum Gasteiger partial charge on any atom is 0.251 e. The van der Waals surface area contributed by atoms with Crippen molar-refractivity contribution in [2.75, 3.05) is 16.6 Å². The predicted molar refractivity (Wildman–Crippen MR) is 90.7 cm³/mol. The molecule has 1 aromatic carbocycles. The summed E-state index contributed by atoms with van der Waals surface area (Å²) in [5.74, 6) is 0.261. The topological polar surface area (TPSA) is 66.5 Å². The van der Waals surface area contributed by atoms with E-state index in [9.17, 15) is 13.2 Å². The van der Waals surface area contributed by atoms with Crippen LogP contribution >= 0.6 is 0 Å². The van der Waals surface area contributed by atoms with Gasteiger partial charge < -0.3 is 5.32 Å². The van der Waals surface area contributed by atoms with Gasteiger partial charge in [0.25, 0.3) is 5.91 Å². The Morgan fingerprint density at radius 2 is 1.68 bits per heavy atom. The highest BCUT2D eigenvalue weighted by molar-refractivity contribution is 7.92. The molecular formula is C16H26N2O3S. The molecule has 0 bridgehead atoms. The number of rotatable bonds is 7. The molecule has 0 spiro atoms. The minimum absolute atomic E-state index is 0.0506. The smallest absolute Gasteiger partial charge is 0.251 e. The van der Waals surface area contributed by atoms with Gasteiger partial charge in [-0.2, -0.15) is 0 Å². The second-order valence-corrected chi connectivity index (χ2v) is 7.80. The summed E-state index contributed by atoms with van der Waals surface area (Å²) in [7, 11) is -3.29. The van der Waals surface area contributed by atoms with Crippen LogP contribution in [0.1, 0.15) is 45.0 Å². The number of sulfonamides is 1. The van der Waals surface area contributed by atoms with Crippen LogP contribution in [0.3, 0.4) is 0 Å². The molecule has 0 fully saturated rings. The summed E-state index contributed by atoms with van der Waals surface area (Å²) in [4.78, 5) is 12.1. The molecule has 1 atom stereocenters. The summed E-state index contributed by atoms with van der Waals surface area (Å²) >= 11 is 0. The van der Waals surface area contributed by atoms with Crippen LogP contribution in [0.5, 0.6) is 0 Å². The third kappa shape index (κ3) is 4.47. The Bertz CT molecular complexity index is 594. The molecule has 0 heterocycles. The average molecular weight is 326 g/mol. The highest BCUT2D eigenvalue weighted by Gasteiger charge is 2.19. The Kier molecular flexibility index (Phi) is 6.41. The monoisotopic (exact) mass is 326 g/mol. The van der Waals surface area contributed by atoms with Gasteiger partial charge in [0.1, 0.15) is 0 Å². The Labute approximate surface area is 133 Å². The van der Waals surface area contributed by atoms with Crippen molar-refractivity contribution >= 4 is 21.6 Å². The second-order valence-electron chi connectivity index (χ2n) is 5.62. The largest absolute Gasteiger partial charge is 0.349 e. The van der Waals surface area contributed by atoms with Crippen molar-refractivity contribution in [3.8, 4) is 0 Å². The van der Waals surface area contributed by atoms with Gasteiger partial charge in [-0.3, -0.25) is 9.10 Å². The molecule has 0 aliphatic heterocycles.